The molecule has 23 heavy (non-hydrogen) atoms. The van der Waals surface area contributed by atoms with Gasteiger partial charge in [-0.1, -0.05) is 6.92 Å². The summed E-state index contributed by atoms with van der Waals surface area (Å²) in [5.74, 6) is 0.452. The number of nitro groups is 1. The Bertz CT molecular complexity index is 602. The molecule has 2 N–H and O–H groups in total. The van der Waals surface area contributed by atoms with Crippen LogP contribution in [-0.4, -0.2) is 29.9 Å². The molecule has 0 unspecified atom stereocenters. The Kier molecular flexibility index (Phi) is 4.59. The molecule has 1 heterocycles. The van der Waals surface area contributed by atoms with E-state index in [2.05, 4.69) is 0 Å². The Morgan fingerprint density at radius 3 is 2.30 bits per heavy atom. The van der Waals surface area contributed by atoms with E-state index in [0.29, 0.717) is 17.8 Å². The van der Waals surface area contributed by atoms with Gasteiger partial charge in [-0.05, 0) is 34.1 Å². The first-order chi connectivity index (χ1) is 10.6. The van der Waals surface area contributed by atoms with Gasteiger partial charge in [-0.3, -0.25) is 10.1 Å². The third-order valence-corrected chi connectivity index (χ3v) is 4.32. The van der Waals surface area contributed by atoms with Crippen molar-refractivity contribution in [2.45, 2.75) is 52.2 Å². The van der Waals surface area contributed by atoms with Crippen LogP contribution < -0.4 is 15.9 Å². The van der Waals surface area contributed by atoms with Crippen LogP contribution in [0.2, 0.25) is 0 Å². The van der Waals surface area contributed by atoms with Crippen molar-refractivity contribution in [3.8, 4) is 5.75 Å². The number of hydrogen-bond donors (Lipinski definition) is 1. The molecule has 0 aromatic heterocycles. The Balaban J connectivity index is 2.47. The van der Waals surface area contributed by atoms with Crippen molar-refractivity contribution in [1.82, 2.24) is 0 Å². The van der Waals surface area contributed by atoms with Gasteiger partial charge in [0, 0.05) is 17.6 Å². The van der Waals surface area contributed by atoms with Crippen LogP contribution in [-0.2, 0) is 9.31 Å². The van der Waals surface area contributed by atoms with Gasteiger partial charge in [0.2, 0.25) is 0 Å². The monoisotopic (exact) mass is 322 g/mol. The molecule has 1 fully saturated rings. The van der Waals surface area contributed by atoms with Crippen LogP contribution in [0, 0.1) is 10.1 Å². The summed E-state index contributed by atoms with van der Waals surface area (Å²) in [6.07, 6.45) is 0.805. The molecular weight excluding hydrogens is 299 g/mol. The maximum atomic E-state index is 11.2. The van der Waals surface area contributed by atoms with Gasteiger partial charge in [-0.25, -0.2) is 0 Å². The number of nitrogen functional groups attached to an aromatic ring is 1. The van der Waals surface area contributed by atoms with E-state index in [-0.39, 0.29) is 11.4 Å². The number of nitrogens with zero attached hydrogens (tertiary/aromatic N) is 1. The maximum absolute atomic E-state index is 11.2. The zero-order chi connectivity index (χ0) is 17.4. The standard InChI is InChI=1S/C15H23BN2O5/c1-6-7-21-13-9-11(17)12(18(19)20)8-10(13)16-22-14(2,3)15(4,5)23-16/h8-9H,6-7,17H2,1-5H3. The molecule has 0 amide bonds. The Morgan fingerprint density at radius 1 is 1.26 bits per heavy atom. The van der Waals surface area contributed by atoms with E-state index in [9.17, 15) is 10.1 Å². The van der Waals surface area contributed by atoms with E-state index in [0.717, 1.165) is 6.42 Å². The lowest BCUT2D eigenvalue weighted by Gasteiger charge is -2.32. The molecule has 0 saturated carbocycles. The van der Waals surface area contributed by atoms with Crippen LogP contribution in [0.15, 0.2) is 12.1 Å². The third-order valence-electron chi connectivity index (χ3n) is 4.32. The molecule has 0 aliphatic carbocycles. The lowest BCUT2D eigenvalue weighted by molar-refractivity contribution is -0.383. The lowest BCUT2D eigenvalue weighted by atomic mass is 9.78. The lowest BCUT2D eigenvalue weighted by Crippen LogP contribution is -2.41. The number of benzene rings is 1. The SMILES string of the molecule is CCCOc1cc(N)c([N+](=O)[O-])cc1B1OC(C)(C)C(C)(C)O1. The van der Waals surface area contributed by atoms with Crippen molar-refractivity contribution in [2.75, 3.05) is 12.3 Å². The minimum atomic E-state index is -0.744. The van der Waals surface area contributed by atoms with E-state index in [1.807, 2.05) is 34.6 Å². The maximum Gasteiger partial charge on any atom is 0.498 e. The minimum Gasteiger partial charge on any atom is -0.494 e. The average Bonchev–Trinajstić information content (AvgIpc) is 2.64. The summed E-state index contributed by atoms with van der Waals surface area (Å²) in [6.45, 7) is 10.1. The first-order valence-electron chi connectivity index (χ1n) is 7.65. The highest BCUT2D eigenvalue weighted by atomic mass is 16.7. The first kappa shape index (κ1) is 17.6. The molecule has 1 aromatic rings. The number of ether oxygens (including phenoxy) is 1. The molecule has 1 aliphatic rings. The molecular formula is C15H23BN2O5. The van der Waals surface area contributed by atoms with Crippen molar-refractivity contribution in [3.05, 3.63) is 22.2 Å². The molecule has 2 rings (SSSR count). The van der Waals surface area contributed by atoms with Gasteiger partial charge in [-0.15, -0.1) is 0 Å². The van der Waals surface area contributed by atoms with Crippen molar-refractivity contribution in [3.63, 3.8) is 0 Å². The average molecular weight is 322 g/mol. The number of anilines is 1. The van der Waals surface area contributed by atoms with Crippen molar-refractivity contribution < 1.29 is 19.0 Å². The zero-order valence-corrected chi connectivity index (χ0v) is 14.2. The summed E-state index contributed by atoms with van der Waals surface area (Å²) >= 11 is 0. The third kappa shape index (κ3) is 3.28. The van der Waals surface area contributed by atoms with E-state index in [4.69, 9.17) is 19.8 Å². The van der Waals surface area contributed by atoms with Gasteiger partial charge < -0.3 is 19.8 Å². The van der Waals surface area contributed by atoms with Crippen LogP contribution in [0.3, 0.4) is 0 Å². The number of hydrogen-bond acceptors (Lipinski definition) is 6. The molecule has 7 nitrogen and oxygen atoms in total. The quantitative estimate of drug-likeness (QED) is 0.386. The predicted molar refractivity (Wildman–Crippen MR) is 89.0 cm³/mol. The van der Waals surface area contributed by atoms with E-state index in [1.165, 1.54) is 12.1 Å². The Morgan fingerprint density at radius 2 is 1.83 bits per heavy atom. The van der Waals surface area contributed by atoms with Crippen molar-refractivity contribution in [1.29, 1.82) is 0 Å². The van der Waals surface area contributed by atoms with E-state index >= 15 is 0 Å². The second kappa shape index (κ2) is 6.01. The summed E-state index contributed by atoms with van der Waals surface area (Å²) in [4.78, 5) is 10.7. The Hall–Kier alpha value is -1.80. The molecule has 0 spiro atoms. The smallest absolute Gasteiger partial charge is 0.494 e. The highest BCUT2D eigenvalue weighted by molar-refractivity contribution is 6.63. The zero-order valence-electron chi connectivity index (χ0n) is 14.2. The number of nitrogens with two attached hydrogens (primary N) is 1. The first-order valence-corrected chi connectivity index (χ1v) is 7.65. The number of rotatable bonds is 5. The van der Waals surface area contributed by atoms with Gasteiger partial charge >= 0.3 is 7.12 Å². The largest absolute Gasteiger partial charge is 0.498 e. The molecule has 1 saturated heterocycles. The van der Waals surface area contributed by atoms with E-state index < -0.39 is 23.2 Å². The van der Waals surface area contributed by atoms with Crippen LogP contribution in [0.25, 0.3) is 0 Å². The van der Waals surface area contributed by atoms with Crippen LogP contribution >= 0.6 is 0 Å². The molecule has 0 bridgehead atoms. The van der Waals surface area contributed by atoms with E-state index in [1.54, 1.807) is 0 Å². The predicted octanol–water partition coefficient (Wildman–Crippen LogP) is 2.26. The second-order valence-corrected chi connectivity index (χ2v) is 6.64. The van der Waals surface area contributed by atoms with Crippen LogP contribution in [0.1, 0.15) is 41.0 Å². The topological polar surface area (TPSA) is 96.9 Å². The van der Waals surface area contributed by atoms with Crippen molar-refractivity contribution >= 4 is 24.0 Å². The fraction of sp³-hybridized carbons (Fsp3) is 0.600. The summed E-state index contributed by atoms with van der Waals surface area (Å²) in [5, 5.41) is 11.2. The molecule has 0 radical (unpaired) electrons. The number of nitro benzene ring substituents is 1. The fourth-order valence-electron chi connectivity index (χ4n) is 2.25. The normalized spacial score (nSPS) is 18.9. The fourth-order valence-corrected chi connectivity index (χ4v) is 2.25. The van der Waals surface area contributed by atoms with Crippen LogP contribution in [0.5, 0.6) is 5.75 Å². The highest BCUT2D eigenvalue weighted by Crippen LogP contribution is 2.38. The summed E-state index contributed by atoms with van der Waals surface area (Å²) in [7, 11) is -0.744. The van der Waals surface area contributed by atoms with Gasteiger partial charge in [0.05, 0.1) is 22.7 Å². The molecule has 0 atom stereocenters. The minimum absolute atomic E-state index is 0.0568. The molecule has 8 heteroatoms. The van der Waals surface area contributed by atoms with Gasteiger partial charge in [0.25, 0.3) is 5.69 Å². The summed E-state index contributed by atoms with van der Waals surface area (Å²) in [6, 6.07) is 2.84. The molecule has 1 aromatic carbocycles. The van der Waals surface area contributed by atoms with Gasteiger partial charge in [-0.2, -0.15) is 0 Å². The van der Waals surface area contributed by atoms with Gasteiger partial charge in [0.15, 0.2) is 0 Å². The molecule has 126 valence electrons. The summed E-state index contributed by atoms with van der Waals surface area (Å²) in [5.41, 5.74) is 5.03. The second-order valence-electron chi connectivity index (χ2n) is 6.64. The molecule has 1 aliphatic heterocycles. The van der Waals surface area contributed by atoms with Crippen molar-refractivity contribution in [2.24, 2.45) is 0 Å². The Labute approximate surface area is 136 Å². The van der Waals surface area contributed by atoms with Gasteiger partial charge in [0.1, 0.15) is 11.4 Å². The van der Waals surface area contributed by atoms with Crippen LogP contribution in [0.4, 0.5) is 11.4 Å². The summed E-state index contributed by atoms with van der Waals surface area (Å²) < 4.78 is 17.6. The highest BCUT2D eigenvalue weighted by Gasteiger charge is 2.52.